The molecule has 1 fully saturated rings. The van der Waals surface area contributed by atoms with Crippen molar-refractivity contribution in [2.75, 3.05) is 40.8 Å². The minimum Gasteiger partial charge on any atom is -0.477 e. The van der Waals surface area contributed by atoms with Gasteiger partial charge in [0, 0.05) is 39.2 Å². The van der Waals surface area contributed by atoms with E-state index in [1.165, 1.54) is 11.3 Å². The molecule has 2 heterocycles. The number of nitrogens with zero attached hydrogens (tertiary/aromatic N) is 3. The number of carboxylic acid groups (broad SMARTS) is 1. The number of aromatic carboxylic acids is 1. The van der Waals surface area contributed by atoms with E-state index >= 15 is 0 Å². The minimum atomic E-state index is -0.921. The molecule has 0 saturated carbocycles. The average molecular weight is 299 g/mol. The second kappa shape index (κ2) is 6.62. The lowest BCUT2D eigenvalue weighted by Crippen LogP contribution is -2.50. The van der Waals surface area contributed by atoms with Gasteiger partial charge in [-0.15, -0.1) is 11.3 Å². The number of methoxy groups -OCH3 is 1. The predicted molar refractivity (Wildman–Crippen MR) is 77.4 cm³/mol. The number of piperazine rings is 1. The smallest absolute Gasteiger partial charge is 0.347 e. The van der Waals surface area contributed by atoms with Crippen molar-refractivity contribution >= 4 is 17.3 Å². The van der Waals surface area contributed by atoms with E-state index in [9.17, 15) is 9.90 Å². The van der Waals surface area contributed by atoms with Crippen LogP contribution in [0.3, 0.4) is 0 Å². The summed E-state index contributed by atoms with van der Waals surface area (Å²) in [7, 11) is 5.77. The fourth-order valence-corrected chi connectivity index (χ4v) is 3.39. The van der Waals surface area contributed by atoms with Crippen molar-refractivity contribution in [1.82, 2.24) is 14.8 Å². The summed E-state index contributed by atoms with van der Waals surface area (Å²) in [4.78, 5) is 20.6. The van der Waals surface area contributed by atoms with Crippen molar-refractivity contribution < 1.29 is 14.6 Å². The Morgan fingerprint density at radius 2 is 2.25 bits per heavy atom. The summed E-state index contributed by atoms with van der Waals surface area (Å²) in [6, 6.07) is 0.386. The molecule has 1 aromatic rings. The lowest BCUT2D eigenvalue weighted by Gasteiger charge is -2.37. The molecular weight excluding hydrogens is 278 g/mol. The molecular formula is C13H21N3O3S. The first-order valence-electron chi connectivity index (χ1n) is 6.61. The van der Waals surface area contributed by atoms with Crippen molar-refractivity contribution in [2.24, 2.45) is 0 Å². The normalized spacial score (nSPS) is 21.2. The summed E-state index contributed by atoms with van der Waals surface area (Å²) in [5, 5.41) is 10.1. The van der Waals surface area contributed by atoms with Gasteiger partial charge in [0.2, 0.25) is 0 Å². The van der Waals surface area contributed by atoms with E-state index in [-0.39, 0.29) is 6.61 Å². The van der Waals surface area contributed by atoms with Crippen LogP contribution < -0.4 is 0 Å². The van der Waals surface area contributed by atoms with Gasteiger partial charge in [0.05, 0.1) is 17.3 Å². The van der Waals surface area contributed by atoms with Gasteiger partial charge in [0.15, 0.2) is 0 Å². The molecule has 1 aromatic heterocycles. The Bertz CT molecular complexity index is 477. The monoisotopic (exact) mass is 299 g/mol. The van der Waals surface area contributed by atoms with Gasteiger partial charge in [0.1, 0.15) is 4.88 Å². The molecule has 6 nitrogen and oxygen atoms in total. The SMILES string of the molecule is COCc1nc(CC2CN(C)CCN2C)sc1C(=O)O. The molecule has 1 N–H and O–H groups in total. The topological polar surface area (TPSA) is 65.9 Å². The van der Waals surface area contributed by atoms with Gasteiger partial charge in [-0.05, 0) is 14.1 Å². The maximum atomic E-state index is 11.2. The van der Waals surface area contributed by atoms with Crippen molar-refractivity contribution in [3.8, 4) is 0 Å². The van der Waals surface area contributed by atoms with E-state index in [2.05, 4.69) is 28.9 Å². The number of ether oxygens (including phenoxy) is 1. The van der Waals surface area contributed by atoms with Gasteiger partial charge in [0.25, 0.3) is 0 Å². The third-order valence-electron chi connectivity index (χ3n) is 3.61. The van der Waals surface area contributed by atoms with Crippen LogP contribution in [0, 0.1) is 0 Å². The maximum Gasteiger partial charge on any atom is 0.347 e. The standard InChI is InChI=1S/C13H21N3O3S/c1-15-4-5-16(2)9(7-15)6-11-14-10(8-19-3)12(20-11)13(17)18/h9H,4-8H2,1-3H3,(H,17,18). The van der Waals surface area contributed by atoms with Gasteiger partial charge in [-0.25, -0.2) is 9.78 Å². The van der Waals surface area contributed by atoms with Crippen LogP contribution in [0.1, 0.15) is 20.4 Å². The third-order valence-corrected chi connectivity index (χ3v) is 4.72. The molecule has 1 unspecified atom stereocenters. The van der Waals surface area contributed by atoms with Crippen molar-refractivity contribution in [3.63, 3.8) is 0 Å². The minimum absolute atomic E-state index is 0.249. The number of thiazole rings is 1. The summed E-state index contributed by atoms with van der Waals surface area (Å²) in [5.41, 5.74) is 0.534. The quantitative estimate of drug-likeness (QED) is 0.866. The number of aromatic nitrogens is 1. The van der Waals surface area contributed by atoms with Crippen LogP contribution in [0.5, 0.6) is 0 Å². The lowest BCUT2D eigenvalue weighted by molar-refractivity contribution is 0.0697. The lowest BCUT2D eigenvalue weighted by atomic mass is 10.1. The number of hydrogen-bond donors (Lipinski definition) is 1. The zero-order valence-corrected chi connectivity index (χ0v) is 12.9. The van der Waals surface area contributed by atoms with E-state index < -0.39 is 5.97 Å². The number of carboxylic acids is 1. The zero-order valence-electron chi connectivity index (χ0n) is 12.1. The Morgan fingerprint density at radius 1 is 1.50 bits per heavy atom. The van der Waals surface area contributed by atoms with Crippen LogP contribution >= 0.6 is 11.3 Å². The highest BCUT2D eigenvalue weighted by molar-refractivity contribution is 7.13. The van der Waals surface area contributed by atoms with Gasteiger partial charge in [-0.1, -0.05) is 0 Å². The molecule has 1 saturated heterocycles. The molecule has 112 valence electrons. The van der Waals surface area contributed by atoms with Crippen molar-refractivity contribution in [1.29, 1.82) is 0 Å². The van der Waals surface area contributed by atoms with Crippen LogP contribution in [-0.2, 0) is 17.8 Å². The van der Waals surface area contributed by atoms with Crippen molar-refractivity contribution in [2.45, 2.75) is 19.1 Å². The van der Waals surface area contributed by atoms with Crippen molar-refractivity contribution in [3.05, 3.63) is 15.6 Å². The Balaban J connectivity index is 2.12. The Morgan fingerprint density at radius 3 is 2.90 bits per heavy atom. The van der Waals surface area contributed by atoms with Crippen LogP contribution in [0.25, 0.3) is 0 Å². The molecule has 2 rings (SSSR count). The highest BCUT2D eigenvalue weighted by Crippen LogP contribution is 2.22. The maximum absolute atomic E-state index is 11.2. The molecule has 1 atom stereocenters. The Kier molecular flexibility index (Phi) is 5.09. The van der Waals surface area contributed by atoms with E-state index in [1.807, 2.05) is 0 Å². The summed E-state index contributed by atoms with van der Waals surface area (Å²) in [6.07, 6.45) is 0.787. The molecule has 0 spiro atoms. The van der Waals surface area contributed by atoms with Crippen LogP contribution in [-0.4, -0.2) is 72.7 Å². The molecule has 1 aliphatic heterocycles. The first-order valence-corrected chi connectivity index (χ1v) is 7.42. The number of carbonyl (C=O) groups is 1. The predicted octanol–water partition coefficient (Wildman–Crippen LogP) is 0.776. The van der Waals surface area contributed by atoms with Gasteiger partial charge < -0.3 is 19.6 Å². The largest absolute Gasteiger partial charge is 0.477 e. The summed E-state index contributed by atoms with van der Waals surface area (Å²) in [5.74, 6) is -0.921. The molecule has 0 aromatic carbocycles. The molecule has 0 radical (unpaired) electrons. The molecule has 0 amide bonds. The number of likely N-dealkylation sites (N-methyl/N-ethyl adjacent to an activating group) is 2. The van der Waals surface area contributed by atoms with E-state index in [1.54, 1.807) is 7.11 Å². The molecule has 7 heteroatoms. The second-order valence-electron chi connectivity index (χ2n) is 5.22. The van der Waals surface area contributed by atoms with Gasteiger partial charge >= 0.3 is 5.97 Å². The summed E-state index contributed by atoms with van der Waals surface area (Å²) in [6.45, 7) is 3.33. The third kappa shape index (κ3) is 3.54. The van der Waals surface area contributed by atoms with E-state index in [0.717, 1.165) is 31.1 Å². The summed E-state index contributed by atoms with van der Waals surface area (Å²) < 4.78 is 5.02. The zero-order chi connectivity index (χ0) is 14.7. The van der Waals surface area contributed by atoms with E-state index in [0.29, 0.717) is 16.6 Å². The first-order chi connectivity index (χ1) is 9.51. The van der Waals surface area contributed by atoms with Crippen LogP contribution in [0.15, 0.2) is 0 Å². The fraction of sp³-hybridized carbons (Fsp3) is 0.692. The number of rotatable bonds is 5. The van der Waals surface area contributed by atoms with Crippen LogP contribution in [0.2, 0.25) is 0 Å². The van der Waals surface area contributed by atoms with E-state index in [4.69, 9.17) is 4.74 Å². The highest BCUT2D eigenvalue weighted by Gasteiger charge is 2.25. The average Bonchev–Trinajstić information content (AvgIpc) is 2.77. The summed E-state index contributed by atoms with van der Waals surface area (Å²) >= 11 is 1.27. The number of hydrogen-bond acceptors (Lipinski definition) is 6. The Labute approximate surface area is 123 Å². The molecule has 0 bridgehead atoms. The van der Waals surface area contributed by atoms with Gasteiger partial charge in [-0.2, -0.15) is 0 Å². The fourth-order valence-electron chi connectivity index (χ4n) is 2.41. The molecule has 20 heavy (non-hydrogen) atoms. The van der Waals surface area contributed by atoms with Gasteiger partial charge in [-0.3, -0.25) is 0 Å². The second-order valence-corrected chi connectivity index (χ2v) is 6.31. The van der Waals surface area contributed by atoms with Crippen LogP contribution in [0.4, 0.5) is 0 Å². The highest BCUT2D eigenvalue weighted by atomic mass is 32.1. The molecule has 0 aliphatic carbocycles. The molecule has 1 aliphatic rings. The Hall–Kier alpha value is -1.02. The first kappa shape index (κ1) is 15.4.